The molecular formula is C10H5ClFNS. The second kappa shape index (κ2) is 3.56. The summed E-state index contributed by atoms with van der Waals surface area (Å²) in [6.07, 6.45) is 0.0589. The van der Waals surface area contributed by atoms with Crippen molar-refractivity contribution in [3.63, 3.8) is 0 Å². The number of fused-ring (bicyclic) bond motifs is 1. The molecule has 1 aromatic heterocycles. The molecule has 0 atom stereocenters. The van der Waals surface area contributed by atoms with E-state index in [-0.39, 0.29) is 11.4 Å². The zero-order chi connectivity index (χ0) is 10.1. The number of nitriles is 1. The summed E-state index contributed by atoms with van der Waals surface area (Å²) in [7, 11) is 0. The van der Waals surface area contributed by atoms with E-state index in [0.717, 1.165) is 10.1 Å². The summed E-state index contributed by atoms with van der Waals surface area (Å²) in [5, 5.41) is 11.4. The lowest BCUT2D eigenvalue weighted by atomic mass is 10.1. The largest absolute Gasteiger partial charge is 0.205 e. The molecule has 1 aromatic carbocycles. The topological polar surface area (TPSA) is 23.8 Å². The molecule has 1 nitrogen and oxygen atoms in total. The van der Waals surface area contributed by atoms with Crippen LogP contribution in [0.4, 0.5) is 4.39 Å². The summed E-state index contributed by atoms with van der Waals surface area (Å²) in [4.78, 5) is 0. The lowest BCUT2D eigenvalue weighted by Crippen LogP contribution is -1.89. The maximum Gasteiger partial charge on any atom is 0.147 e. The highest BCUT2D eigenvalue weighted by molar-refractivity contribution is 7.17. The summed E-state index contributed by atoms with van der Waals surface area (Å²) in [5.74, 6) is -0.469. The van der Waals surface area contributed by atoms with Crippen LogP contribution in [0.2, 0.25) is 5.02 Å². The van der Waals surface area contributed by atoms with E-state index in [1.54, 1.807) is 6.07 Å². The third-order valence-corrected chi connectivity index (χ3v) is 3.25. The summed E-state index contributed by atoms with van der Waals surface area (Å²) < 4.78 is 14.3. The highest BCUT2D eigenvalue weighted by Gasteiger charge is 2.12. The van der Waals surface area contributed by atoms with Crippen molar-refractivity contribution in [1.82, 2.24) is 0 Å². The minimum absolute atomic E-state index is 0.0589. The fraction of sp³-hybridized carbons (Fsp3) is 0.100. The fourth-order valence-electron chi connectivity index (χ4n) is 1.36. The third kappa shape index (κ3) is 1.37. The monoisotopic (exact) mass is 225 g/mol. The molecule has 0 spiro atoms. The zero-order valence-electron chi connectivity index (χ0n) is 7.05. The van der Waals surface area contributed by atoms with Crippen LogP contribution in [0.3, 0.4) is 0 Å². The summed E-state index contributed by atoms with van der Waals surface area (Å²) >= 11 is 7.13. The van der Waals surface area contributed by atoms with Crippen LogP contribution >= 0.6 is 22.9 Å². The summed E-state index contributed by atoms with van der Waals surface area (Å²) in [5.41, 5.74) is 0.407. The van der Waals surface area contributed by atoms with Crippen LogP contribution in [0.15, 0.2) is 17.5 Å². The Bertz CT molecular complexity index is 527. The predicted molar refractivity (Wildman–Crippen MR) is 56.1 cm³/mol. The Morgan fingerprint density at radius 3 is 3.07 bits per heavy atom. The minimum atomic E-state index is -0.469. The first-order chi connectivity index (χ1) is 6.74. The van der Waals surface area contributed by atoms with Gasteiger partial charge in [0.05, 0.1) is 17.5 Å². The Balaban J connectivity index is 2.81. The minimum Gasteiger partial charge on any atom is -0.205 e. The molecule has 2 rings (SSSR count). The van der Waals surface area contributed by atoms with Crippen LogP contribution in [0, 0.1) is 17.1 Å². The molecule has 0 aliphatic rings. The Kier molecular flexibility index (Phi) is 2.40. The van der Waals surface area contributed by atoms with Gasteiger partial charge < -0.3 is 0 Å². The molecule has 14 heavy (non-hydrogen) atoms. The lowest BCUT2D eigenvalue weighted by Gasteiger charge is -2.02. The van der Waals surface area contributed by atoms with E-state index in [1.165, 1.54) is 11.3 Å². The van der Waals surface area contributed by atoms with Crippen LogP contribution in [-0.2, 0) is 6.42 Å². The molecule has 0 unspecified atom stereocenters. The Morgan fingerprint density at radius 1 is 1.57 bits per heavy atom. The van der Waals surface area contributed by atoms with Crippen LogP contribution in [-0.4, -0.2) is 0 Å². The predicted octanol–water partition coefficient (Wildman–Crippen LogP) is 3.76. The number of rotatable bonds is 1. The summed E-state index contributed by atoms with van der Waals surface area (Å²) in [6, 6.07) is 5.40. The number of hydrogen-bond donors (Lipinski definition) is 0. The highest BCUT2D eigenvalue weighted by atomic mass is 35.5. The fourth-order valence-corrected chi connectivity index (χ4v) is 2.51. The third-order valence-electron chi connectivity index (χ3n) is 1.98. The molecule has 0 fully saturated rings. The second-order valence-corrected chi connectivity index (χ2v) is 4.15. The molecule has 4 heteroatoms. The molecule has 0 aliphatic carbocycles. The van der Waals surface area contributed by atoms with E-state index in [4.69, 9.17) is 16.9 Å². The quantitative estimate of drug-likeness (QED) is 0.725. The van der Waals surface area contributed by atoms with E-state index in [1.807, 2.05) is 17.5 Å². The van der Waals surface area contributed by atoms with Crippen molar-refractivity contribution >= 4 is 33.0 Å². The van der Waals surface area contributed by atoms with Gasteiger partial charge in [0.1, 0.15) is 5.82 Å². The van der Waals surface area contributed by atoms with Crippen molar-refractivity contribution in [2.75, 3.05) is 0 Å². The van der Waals surface area contributed by atoms with Crippen LogP contribution in [0.1, 0.15) is 5.56 Å². The van der Waals surface area contributed by atoms with Crippen molar-refractivity contribution in [1.29, 1.82) is 5.26 Å². The Morgan fingerprint density at radius 2 is 2.36 bits per heavy atom. The molecule has 70 valence electrons. The van der Waals surface area contributed by atoms with Gasteiger partial charge in [0.2, 0.25) is 0 Å². The van der Waals surface area contributed by atoms with Gasteiger partial charge in [0, 0.05) is 10.3 Å². The number of benzene rings is 1. The Labute approximate surface area is 89.3 Å². The van der Waals surface area contributed by atoms with E-state index in [0.29, 0.717) is 5.56 Å². The molecule has 0 bridgehead atoms. The van der Waals surface area contributed by atoms with E-state index in [2.05, 4.69) is 0 Å². The molecule has 0 N–H and O–H groups in total. The molecule has 0 saturated heterocycles. The Hall–Kier alpha value is -1.11. The number of halogens is 2. The van der Waals surface area contributed by atoms with Gasteiger partial charge in [0.15, 0.2) is 0 Å². The van der Waals surface area contributed by atoms with Crippen LogP contribution in [0.5, 0.6) is 0 Å². The average Bonchev–Trinajstić information content (AvgIpc) is 2.60. The van der Waals surface area contributed by atoms with Gasteiger partial charge in [0.25, 0.3) is 0 Å². The lowest BCUT2D eigenvalue weighted by molar-refractivity contribution is 0.618. The van der Waals surface area contributed by atoms with Gasteiger partial charge in [-0.1, -0.05) is 11.6 Å². The smallest absolute Gasteiger partial charge is 0.147 e. The van der Waals surface area contributed by atoms with E-state index < -0.39 is 5.82 Å². The number of nitrogens with zero attached hydrogens (tertiary/aromatic N) is 1. The normalized spacial score (nSPS) is 10.4. The van der Waals surface area contributed by atoms with Crippen molar-refractivity contribution in [3.8, 4) is 6.07 Å². The standard InChI is InChI=1S/C10H5ClFNS/c11-8-5-6-2-4-14-10(6)7(1-3-13)9(8)12/h2,4-5H,1H2. The molecule has 2 aromatic rings. The van der Waals surface area contributed by atoms with Crippen molar-refractivity contribution < 1.29 is 4.39 Å². The highest BCUT2D eigenvalue weighted by Crippen LogP contribution is 2.31. The van der Waals surface area contributed by atoms with Gasteiger partial charge in [-0.25, -0.2) is 4.39 Å². The first-order valence-corrected chi connectivity index (χ1v) is 5.21. The first kappa shape index (κ1) is 9.45. The van der Waals surface area contributed by atoms with Crippen LogP contribution < -0.4 is 0 Å². The number of hydrogen-bond acceptors (Lipinski definition) is 2. The van der Waals surface area contributed by atoms with Crippen molar-refractivity contribution in [2.24, 2.45) is 0 Å². The van der Waals surface area contributed by atoms with Gasteiger partial charge in [-0.15, -0.1) is 11.3 Å². The van der Waals surface area contributed by atoms with Gasteiger partial charge in [-0.05, 0) is 22.9 Å². The SMILES string of the molecule is N#CCc1c(F)c(Cl)cc2ccsc12. The molecular weight excluding hydrogens is 221 g/mol. The molecule has 0 saturated carbocycles. The van der Waals surface area contributed by atoms with Gasteiger partial charge in [-0.3, -0.25) is 0 Å². The molecule has 0 amide bonds. The molecule has 1 heterocycles. The molecule has 0 aliphatic heterocycles. The average molecular weight is 226 g/mol. The van der Waals surface area contributed by atoms with Crippen molar-refractivity contribution in [3.05, 3.63) is 33.9 Å². The number of thiophene rings is 1. The second-order valence-electron chi connectivity index (χ2n) is 2.82. The van der Waals surface area contributed by atoms with Crippen molar-refractivity contribution in [2.45, 2.75) is 6.42 Å². The molecule has 0 radical (unpaired) electrons. The van der Waals surface area contributed by atoms with Gasteiger partial charge >= 0.3 is 0 Å². The zero-order valence-corrected chi connectivity index (χ0v) is 8.62. The first-order valence-electron chi connectivity index (χ1n) is 3.95. The van der Waals surface area contributed by atoms with E-state index >= 15 is 0 Å². The summed E-state index contributed by atoms with van der Waals surface area (Å²) in [6.45, 7) is 0. The maximum atomic E-state index is 13.5. The maximum absolute atomic E-state index is 13.5. The van der Waals surface area contributed by atoms with Gasteiger partial charge in [-0.2, -0.15) is 5.26 Å². The van der Waals surface area contributed by atoms with E-state index in [9.17, 15) is 4.39 Å². The van der Waals surface area contributed by atoms with Crippen LogP contribution in [0.25, 0.3) is 10.1 Å².